The van der Waals surface area contributed by atoms with E-state index in [2.05, 4.69) is 9.71 Å². The van der Waals surface area contributed by atoms with Gasteiger partial charge in [-0.05, 0) is 67.0 Å². The molecule has 38 heavy (non-hydrogen) atoms. The van der Waals surface area contributed by atoms with Gasteiger partial charge in [-0.1, -0.05) is 49.4 Å². The summed E-state index contributed by atoms with van der Waals surface area (Å²) in [6.07, 6.45) is 6.05. The van der Waals surface area contributed by atoms with Gasteiger partial charge in [-0.3, -0.25) is 9.71 Å². The first kappa shape index (κ1) is 25.7. The molecule has 0 aliphatic heterocycles. The van der Waals surface area contributed by atoms with E-state index in [9.17, 15) is 18.3 Å². The molecule has 2 unspecified atom stereocenters. The van der Waals surface area contributed by atoms with Gasteiger partial charge in [-0.15, -0.1) is 0 Å². The van der Waals surface area contributed by atoms with Gasteiger partial charge in [-0.2, -0.15) is 0 Å². The third kappa shape index (κ3) is 5.65. The fraction of sp³-hybridized carbons (Fsp3) is 0.267. The second kappa shape index (κ2) is 10.8. The predicted octanol–water partition coefficient (Wildman–Crippen LogP) is 5.82. The highest BCUT2D eigenvalue weighted by atomic mass is 32.2. The molecule has 2 aromatic carbocycles. The fourth-order valence-electron chi connectivity index (χ4n) is 4.96. The van der Waals surface area contributed by atoms with Gasteiger partial charge < -0.3 is 9.52 Å². The molecule has 1 aliphatic carbocycles. The van der Waals surface area contributed by atoms with E-state index in [0.717, 1.165) is 30.4 Å². The average Bonchev–Trinajstić information content (AvgIpc) is 3.75. The van der Waals surface area contributed by atoms with Crippen LogP contribution in [0.25, 0.3) is 0 Å². The number of hydrogen-bond acceptors (Lipinski definition) is 6. The number of anilines is 1. The van der Waals surface area contributed by atoms with Crippen LogP contribution in [0, 0.1) is 5.92 Å². The van der Waals surface area contributed by atoms with Crippen molar-refractivity contribution in [2.24, 2.45) is 5.92 Å². The molecule has 2 heterocycles. The average molecular weight is 531 g/mol. The van der Waals surface area contributed by atoms with Gasteiger partial charge in [0.15, 0.2) is 0 Å². The van der Waals surface area contributed by atoms with Crippen molar-refractivity contribution in [1.82, 2.24) is 4.98 Å². The third-order valence-corrected chi connectivity index (χ3v) is 8.42. The molecule has 1 fully saturated rings. The molecule has 196 valence electrons. The summed E-state index contributed by atoms with van der Waals surface area (Å²) < 4.78 is 34.0. The number of nitrogens with one attached hydrogen (secondary N) is 1. The molecule has 2 aromatic heterocycles. The monoisotopic (exact) mass is 530 g/mol. The SMILES string of the molecule is CCC(Cc1ccccc1)c1cc(O)c(C(c2cccc(NS(=O)(=O)c3cccnc3)c2)C2CC2)c(=O)o1. The maximum Gasteiger partial charge on any atom is 0.343 e. The number of pyridine rings is 1. The van der Waals surface area contributed by atoms with E-state index >= 15 is 0 Å². The highest BCUT2D eigenvalue weighted by Crippen LogP contribution is 2.48. The van der Waals surface area contributed by atoms with Crippen molar-refractivity contribution < 1.29 is 17.9 Å². The van der Waals surface area contributed by atoms with E-state index in [1.54, 1.807) is 30.3 Å². The molecular weight excluding hydrogens is 500 g/mol. The Morgan fingerprint density at radius 1 is 1.05 bits per heavy atom. The van der Waals surface area contributed by atoms with Crippen LogP contribution in [0.4, 0.5) is 5.69 Å². The lowest BCUT2D eigenvalue weighted by Crippen LogP contribution is -2.18. The molecule has 8 heteroatoms. The number of sulfonamides is 1. The summed E-state index contributed by atoms with van der Waals surface area (Å²) in [5.41, 5.74) is 1.91. The summed E-state index contributed by atoms with van der Waals surface area (Å²) in [7, 11) is -3.83. The van der Waals surface area contributed by atoms with Crippen molar-refractivity contribution in [2.45, 2.75) is 49.3 Å². The van der Waals surface area contributed by atoms with Gasteiger partial charge >= 0.3 is 5.63 Å². The Bertz CT molecular complexity index is 1570. The Morgan fingerprint density at radius 3 is 2.50 bits per heavy atom. The zero-order valence-corrected chi connectivity index (χ0v) is 21.9. The minimum absolute atomic E-state index is 0.0466. The lowest BCUT2D eigenvalue weighted by molar-refractivity contribution is 0.379. The quantitative estimate of drug-likeness (QED) is 0.267. The molecule has 7 nitrogen and oxygen atoms in total. The van der Waals surface area contributed by atoms with Crippen molar-refractivity contribution in [3.05, 3.63) is 118 Å². The van der Waals surface area contributed by atoms with E-state index < -0.39 is 21.6 Å². The Kier molecular flexibility index (Phi) is 7.33. The first-order valence-corrected chi connectivity index (χ1v) is 14.3. The Balaban J connectivity index is 1.46. The summed E-state index contributed by atoms with van der Waals surface area (Å²) in [5.74, 6) is 0.0919. The molecule has 0 spiro atoms. The summed E-state index contributed by atoms with van der Waals surface area (Å²) >= 11 is 0. The van der Waals surface area contributed by atoms with Crippen molar-refractivity contribution in [2.75, 3.05) is 4.72 Å². The Morgan fingerprint density at radius 2 is 1.84 bits per heavy atom. The minimum atomic E-state index is -3.83. The molecular formula is C30H30N2O5S. The van der Waals surface area contributed by atoms with Crippen LogP contribution in [0.1, 0.15) is 60.5 Å². The lowest BCUT2D eigenvalue weighted by Gasteiger charge is -2.20. The molecule has 0 bridgehead atoms. The van der Waals surface area contributed by atoms with Gasteiger partial charge in [0.05, 0.1) is 5.56 Å². The highest BCUT2D eigenvalue weighted by molar-refractivity contribution is 7.92. The van der Waals surface area contributed by atoms with E-state index in [1.807, 2.05) is 43.3 Å². The number of aromatic hydroxyl groups is 1. The van der Waals surface area contributed by atoms with Crippen LogP contribution in [0.3, 0.4) is 0 Å². The van der Waals surface area contributed by atoms with Gasteiger partial charge in [0.25, 0.3) is 10.0 Å². The molecule has 5 rings (SSSR count). The molecule has 0 saturated heterocycles. The van der Waals surface area contributed by atoms with E-state index in [1.165, 1.54) is 18.5 Å². The number of rotatable bonds is 10. The standard InChI is InChI=1S/C30H30N2O5S/c1-2-21(16-20-8-4-3-5-9-20)27-18-26(33)29(30(34)37-27)28(22-13-14-22)23-10-6-11-24(17-23)32-38(35,36)25-12-7-15-31-19-25/h3-12,15,17-19,21-22,28,32-33H,2,13-14,16H2,1H3. The second-order valence-corrected chi connectivity index (χ2v) is 11.4. The third-order valence-electron chi connectivity index (χ3n) is 7.05. The molecule has 2 N–H and O–H groups in total. The van der Waals surface area contributed by atoms with Crippen LogP contribution in [-0.4, -0.2) is 18.5 Å². The molecule has 2 atom stereocenters. The maximum absolute atomic E-state index is 13.3. The maximum atomic E-state index is 13.3. The summed E-state index contributed by atoms with van der Waals surface area (Å²) in [4.78, 5) is 17.3. The van der Waals surface area contributed by atoms with Gasteiger partial charge in [0.1, 0.15) is 16.4 Å². The first-order chi connectivity index (χ1) is 18.4. The molecule has 4 aromatic rings. The molecule has 0 radical (unpaired) electrons. The minimum Gasteiger partial charge on any atom is -0.507 e. The van der Waals surface area contributed by atoms with Gasteiger partial charge in [0.2, 0.25) is 0 Å². The van der Waals surface area contributed by atoms with Crippen LogP contribution < -0.4 is 10.3 Å². The van der Waals surface area contributed by atoms with E-state index in [-0.39, 0.29) is 28.0 Å². The summed E-state index contributed by atoms with van der Waals surface area (Å²) in [6, 6.07) is 21.6. The van der Waals surface area contributed by atoms with Gasteiger partial charge in [-0.25, -0.2) is 13.2 Å². The number of benzene rings is 2. The van der Waals surface area contributed by atoms with E-state index in [0.29, 0.717) is 17.9 Å². The molecule has 0 amide bonds. The van der Waals surface area contributed by atoms with Gasteiger partial charge in [0, 0.05) is 36.0 Å². The molecule has 1 saturated carbocycles. The van der Waals surface area contributed by atoms with Crippen LogP contribution in [0.2, 0.25) is 0 Å². The van der Waals surface area contributed by atoms with Crippen LogP contribution in [0.15, 0.2) is 99.3 Å². The van der Waals surface area contributed by atoms with Crippen LogP contribution in [0.5, 0.6) is 5.75 Å². The smallest absolute Gasteiger partial charge is 0.343 e. The van der Waals surface area contributed by atoms with E-state index in [4.69, 9.17) is 4.42 Å². The van der Waals surface area contributed by atoms with Crippen LogP contribution >= 0.6 is 0 Å². The zero-order valence-electron chi connectivity index (χ0n) is 21.1. The topological polar surface area (TPSA) is 110 Å². The largest absolute Gasteiger partial charge is 0.507 e. The summed E-state index contributed by atoms with van der Waals surface area (Å²) in [5, 5.41) is 11.1. The molecule has 1 aliphatic rings. The van der Waals surface area contributed by atoms with Crippen molar-refractivity contribution >= 4 is 15.7 Å². The zero-order chi connectivity index (χ0) is 26.7. The highest BCUT2D eigenvalue weighted by Gasteiger charge is 2.38. The normalized spacial score (nSPS) is 15.1. The fourth-order valence-corrected chi connectivity index (χ4v) is 5.97. The van der Waals surface area contributed by atoms with Crippen LogP contribution in [-0.2, 0) is 16.4 Å². The number of nitrogens with zero attached hydrogens (tertiary/aromatic N) is 1. The number of aromatic nitrogens is 1. The first-order valence-electron chi connectivity index (χ1n) is 12.8. The predicted molar refractivity (Wildman–Crippen MR) is 146 cm³/mol. The Hall–Kier alpha value is -3.91. The second-order valence-electron chi connectivity index (χ2n) is 9.76. The lowest BCUT2D eigenvalue weighted by atomic mass is 9.86. The van der Waals surface area contributed by atoms with Crippen molar-refractivity contribution in [1.29, 1.82) is 0 Å². The van der Waals surface area contributed by atoms with Crippen molar-refractivity contribution in [3.63, 3.8) is 0 Å². The Labute approximate surface area is 222 Å². The van der Waals surface area contributed by atoms with Crippen molar-refractivity contribution in [3.8, 4) is 5.75 Å². The number of hydrogen-bond donors (Lipinski definition) is 2. The summed E-state index contributed by atoms with van der Waals surface area (Å²) in [6.45, 7) is 2.03.